The third kappa shape index (κ3) is 3.15. The maximum atomic E-state index is 12.0. The van der Waals surface area contributed by atoms with Crippen LogP contribution in [0.4, 0.5) is 0 Å². The maximum absolute atomic E-state index is 12.0. The zero-order valence-electron chi connectivity index (χ0n) is 11.7. The highest BCUT2D eigenvalue weighted by molar-refractivity contribution is 5.98. The van der Waals surface area contributed by atoms with Crippen LogP contribution in [0.25, 0.3) is 0 Å². The van der Waals surface area contributed by atoms with Crippen LogP contribution in [0.5, 0.6) is 0 Å². The van der Waals surface area contributed by atoms with Crippen molar-refractivity contribution in [1.82, 2.24) is 0 Å². The summed E-state index contributed by atoms with van der Waals surface area (Å²) in [5.41, 5.74) is 2.03. The molecule has 0 saturated carbocycles. The minimum atomic E-state index is -0.727. The first-order valence-electron chi connectivity index (χ1n) is 6.75. The maximum Gasteiger partial charge on any atom is 0.337 e. The van der Waals surface area contributed by atoms with E-state index >= 15 is 0 Å². The number of allylic oxidation sites excluding steroid dienone is 1. The van der Waals surface area contributed by atoms with Gasteiger partial charge in [0.05, 0.1) is 5.57 Å². The van der Waals surface area contributed by atoms with Crippen molar-refractivity contribution >= 4 is 17.7 Å². The molecule has 0 N–H and O–H groups in total. The fourth-order valence-corrected chi connectivity index (χ4v) is 2.58. The van der Waals surface area contributed by atoms with E-state index < -0.39 is 18.0 Å². The second kappa shape index (κ2) is 6.03. The molecule has 1 atom stereocenters. The summed E-state index contributed by atoms with van der Waals surface area (Å²) < 4.78 is 10.1. The van der Waals surface area contributed by atoms with Crippen molar-refractivity contribution in [3.63, 3.8) is 0 Å². The molecule has 0 fully saturated rings. The molecule has 0 amide bonds. The Bertz CT molecular complexity index is 512. The molecule has 2 aliphatic rings. The molecule has 0 aromatic carbocycles. The number of cyclic esters (lactones) is 1. The minimum Gasteiger partial charge on any atom is -0.458 e. The fourth-order valence-electron chi connectivity index (χ4n) is 2.58. The molecule has 5 nitrogen and oxygen atoms in total. The molecule has 0 spiro atoms. The number of esters is 2. The van der Waals surface area contributed by atoms with Gasteiger partial charge in [0.25, 0.3) is 0 Å². The van der Waals surface area contributed by atoms with Gasteiger partial charge in [0.1, 0.15) is 12.7 Å². The van der Waals surface area contributed by atoms with E-state index in [0.29, 0.717) is 17.6 Å². The van der Waals surface area contributed by atoms with E-state index in [-0.39, 0.29) is 18.8 Å². The van der Waals surface area contributed by atoms with Crippen molar-refractivity contribution < 1.29 is 23.9 Å². The van der Waals surface area contributed by atoms with Crippen LogP contribution in [0.1, 0.15) is 39.5 Å². The van der Waals surface area contributed by atoms with Gasteiger partial charge in [-0.1, -0.05) is 5.57 Å². The SMILES string of the molecule is CC(=O)OC(CC1=C(C)CCCC1=O)C1=CCOC1=O. The van der Waals surface area contributed by atoms with E-state index in [9.17, 15) is 14.4 Å². The van der Waals surface area contributed by atoms with Crippen molar-refractivity contribution in [1.29, 1.82) is 0 Å². The number of rotatable bonds is 4. The van der Waals surface area contributed by atoms with Gasteiger partial charge < -0.3 is 9.47 Å². The summed E-state index contributed by atoms with van der Waals surface area (Å²) in [7, 11) is 0. The first-order chi connectivity index (χ1) is 9.49. The van der Waals surface area contributed by atoms with Crippen LogP contribution in [-0.4, -0.2) is 30.4 Å². The molecule has 0 aromatic rings. The van der Waals surface area contributed by atoms with Gasteiger partial charge in [0.15, 0.2) is 5.78 Å². The van der Waals surface area contributed by atoms with Crippen LogP contribution >= 0.6 is 0 Å². The summed E-state index contributed by atoms with van der Waals surface area (Å²) in [4.78, 5) is 34.8. The average Bonchev–Trinajstić information content (AvgIpc) is 2.78. The highest BCUT2D eigenvalue weighted by Gasteiger charge is 2.31. The summed E-state index contributed by atoms with van der Waals surface area (Å²) in [6, 6.07) is 0. The summed E-state index contributed by atoms with van der Waals surface area (Å²) in [5.74, 6) is -0.868. The van der Waals surface area contributed by atoms with Crippen LogP contribution in [0.15, 0.2) is 22.8 Å². The number of Topliss-reactive ketones (excluding diaryl/α,β-unsaturated/α-hetero) is 1. The van der Waals surface area contributed by atoms with E-state index in [1.165, 1.54) is 6.92 Å². The lowest BCUT2D eigenvalue weighted by Gasteiger charge is -2.22. The molecule has 20 heavy (non-hydrogen) atoms. The van der Waals surface area contributed by atoms with Crippen molar-refractivity contribution in [3.05, 3.63) is 22.8 Å². The molecule has 1 heterocycles. The predicted molar refractivity (Wildman–Crippen MR) is 70.8 cm³/mol. The zero-order chi connectivity index (χ0) is 14.7. The second-order valence-electron chi connectivity index (χ2n) is 5.10. The monoisotopic (exact) mass is 278 g/mol. The Morgan fingerprint density at radius 1 is 1.40 bits per heavy atom. The molecular formula is C15H18O5. The third-order valence-electron chi connectivity index (χ3n) is 3.61. The Morgan fingerprint density at radius 3 is 2.70 bits per heavy atom. The molecule has 0 aromatic heterocycles. The van der Waals surface area contributed by atoms with Crippen molar-refractivity contribution in [2.24, 2.45) is 0 Å². The summed E-state index contributed by atoms with van der Waals surface area (Å²) in [6.07, 6.45) is 3.39. The molecule has 1 aliphatic heterocycles. The quantitative estimate of drug-likeness (QED) is 0.734. The highest BCUT2D eigenvalue weighted by atomic mass is 16.6. The first kappa shape index (κ1) is 14.5. The van der Waals surface area contributed by atoms with Gasteiger partial charge >= 0.3 is 11.9 Å². The molecule has 0 radical (unpaired) electrons. The highest BCUT2D eigenvalue weighted by Crippen LogP contribution is 2.29. The van der Waals surface area contributed by atoms with Crippen LogP contribution in [0.2, 0.25) is 0 Å². The first-order valence-corrected chi connectivity index (χ1v) is 6.75. The predicted octanol–water partition coefficient (Wildman–Crippen LogP) is 1.86. The molecule has 0 saturated heterocycles. The average molecular weight is 278 g/mol. The van der Waals surface area contributed by atoms with Crippen LogP contribution in [0, 0.1) is 0 Å². The molecule has 5 heteroatoms. The number of hydrogen-bond donors (Lipinski definition) is 0. The molecule has 1 aliphatic carbocycles. The van der Waals surface area contributed by atoms with Gasteiger partial charge in [-0.2, -0.15) is 0 Å². The standard InChI is InChI=1S/C15H18O5/c1-9-4-3-5-13(17)12(9)8-14(20-10(2)16)11-6-7-19-15(11)18/h6,14H,3-5,7-8H2,1-2H3. The Balaban J connectivity index is 2.22. The van der Waals surface area contributed by atoms with Gasteiger partial charge in [-0.05, 0) is 31.4 Å². The lowest BCUT2D eigenvalue weighted by molar-refractivity contribution is -0.146. The Hall–Kier alpha value is -1.91. The van der Waals surface area contributed by atoms with E-state index in [4.69, 9.17) is 9.47 Å². The Morgan fingerprint density at radius 2 is 2.15 bits per heavy atom. The van der Waals surface area contributed by atoms with E-state index in [0.717, 1.165) is 18.4 Å². The van der Waals surface area contributed by atoms with Crippen molar-refractivity contribution in [2.75, 3.05) is 6.61 Å². The second-order valence-corrected chi connectivity index (χ2v) is 5.10. The summed E-state index contributed by atoms with van der Waals surface area (Å²) in [5, 5.41) is 0. The normalized spacial score (nSPS) is 20.6. The van der Waals surface area contributed by atoms with Crippen molar-refractivity contribution in [3.8, 4) is 0 Å². The molecular weight excluding hydrogens is 260 g/mol. The van der Waals surface area contributed by atoms with E-state index in [2.05, 4.69) is 0 Å². The van der Waals surface area contributed by atoms with Gasteiger partial charge in [0.2, 0.25) is 0 Å². The van der Waals surface area contributed by atoms with Crippen molar-refractivity contribution in [2.45, 2.75) is 45.6 Å². The Kier molecular flexibility index (Phi) is 4.37. The van der Waals surface area contributed by atoms with Gasteiger partial charge in [0, 0.05) is 19.8 Å². The van der Waals surface area contributed by atoms with Crippen LogP contribution in [-0.2, 0) is 23.9 Å². The van der Waals surface area contributed by atoms with Crippen LogP contribution < -0.4 is 0 Å². The number of ketones is 1. The van der Waals surface area contributed by atoms with E-state index in [1.54, 1.807) is 6.08 Å². The number of hydrogen-bond acceptors (Lipinski definition) is 5. The topological polar surface area (TPSA) is 69.7 Å². The van der Waals surface area contributed by atoms with Crippen LogP contribution in [0.3, 0.4) is 0 Å². The number of carbonyl (C=O) groups is 3. The molecule has 108 valence electrons. The largest absolute Gasteiger partial charge is 0.458 e. The lowest BCUT2D eigenvalue weighted by atomic mass is 9.87. The third-order valence-corrected chi connectivity index (χ3v) is 3.61. The van der Waals surface area contributed by atoms with Gasteiger partial charge in [-0.25, -0.2) is 4.79 Å². The fraction of sp³-hybridized carbons (Fsp3) is 0.533. The molecule has 2 rings (SSSR count). The summed E-state index contributed by atoms with van der Waals surface area (Å²) >= 11 is 0. The smallest absolute Gasteiger partial charge is 0.337 e. The zero-order valence-corrected chi connectivity index (χ0v) is 11.7. The molecule has 1 unspecified atom stereocenters. The van der Waals surface area contributed by atoms with E-state index in [1.807, 2.05) is 6.92 Å². The Labute approximate surface area is 117 Å². The number of carbonyl (C=O) groups excluding carboxylic acids is 3. The van der Waals surface area contributed by atoms with Gasteiger partial charge in [-0.3, -0.25) is 9.59 Å². The molecule has 0 bridgehead atoms. The lowest BCUT2D eigenvalue weighted by Crippen LogP contribution is -2.26. The number of ether oxygens (including phenoxy) is 2. The minimum absolute atomic E-state index is 0.0814. The van der Waals surface area contributed by atoms with Gasteiger partial charge in [-0.15, -0.1) is 0 Å². The summed E-state index contributed by atoms with van der Waals surface area (Å²) in [6.45, 7) is 3.40.